The first kappa shape index (κ1) is 12.6. The quantitative estimate of drug-likeness (QED) is 0.816. The van der Waals surface area contributed by atoms with Gasteiger partial charge in [-0.25, -0.2) is 4.39 Å². The van der Waals surface area contributed by atoms with Crippen molar-refractivity contribution in [2.24, 2.45) is 11.3 Å². The number of hydrogen-bond donors (Lipinski definition) is 1. The molecule has 17 heavy (non-hydrogen) atoms. The van der Waals surface area contributed by atoms with Crippen LogP contribution in [0, 0.1) is 17.2 Å². The van der Waals surface area contributed by atoms with E-state index in [1.54, 1.807) is 12.1 Å². The third kappa shape index (κ3) is 3.06. The average Bonchev–Trinajstić information content (AvgIpc) is 2.87. The van der Waals surface area contributed by atoms with Gasteiger partial charge in [0, 0.05) is 6.04 Å². The fourth-order valence-corrected chi connectivity index (χ4v) is 2.43. The highest BCUT2D eigenvalue weighted by molar-refractivity contribution is 5.20. The highest BCUT2D eigenvalue weighted by Gasteiger charge is 2.45. The summed E-state index contributed by atoms with van der Waals surface area (Å²) in [6.45, 7) is 7.80. The first-order valence-electron chi connectivity index (χ1n) is 6.52. The molecule has 2 heteroatoms. The first-order valence-corrected chi connectivity index (χ1v) is 6.52. The molecule has 1 aliphatic rings. The predicted octanol–water partition coefficient (Wildman–Crippen LogP) is 3.91. The van der Waals surface area contributed by atoms with Crippen LogP contribution in [-0.4, -0.2) is 6.54 Å². The van der Waals surface area contributed by atoms with Gasteiger partial charge in [0.05, 0.1) is 0 Å². The Kier molecular flexibility index (Phi) is 3.53. The molecule has 1 aromatic rings. The van der Waals surface area contributed by atoms with E-state index in [0.717, 1.165) is 24.4 Å². The van der Waals surface area contributed by atoms with Crippen molar-refractivity contribution < 1.29 is 4.39 Å². The summed E-state index contributed by atoms with van der Waals surface area (Å²) in [7, 11) is 0. The molecule has 1 nitrogen and oxygen atoms in total. The van der Waals surface area contributed by atoms with Crippen LogP contribution in [-0.2, 0) is 0 Å². The molecule has 1 fully saturated rings. The van der Waals surface area contributed by atoms with Gasteiger partial charge >= 0.3 is 0 Å². The van der Waals surface area contributed by atoms with Crippen LogP contribution in [0.15, 0.2) is 24.3 Å². The van der Waals surface area contributed by atoms with E-state index in [1.165, 1.54) is 12.5 Å². The summed E-state index contributed by atoms with van der Waals surface area (Å²) in [6.07, 6.45) is 2.30. The Bertz CT molecular complexity index is 386. The van der Waals surface area contributed by atoms with Crippen LogP contribution in [0.5, 0.6) is 0 Å². The van der Waals surface area contributed by atoms with Crippen molar-refractivity contribution >= 4 is 0 Å². The number of halogens is 1. The van der Waals surface area contributed by atoms with Crippen molar-refractivity contribution in [3.05, 3.63) is 35.6 Å². The Labute approximate surface area is 103 Å². The normalized spacial score (nSPS) is 23.4. The monoisotopic (exact) mass is 235 g/mol. The van der Waals surface area contributed by atoms with E-state index >= 15 is 0 Å². The maximum atomic E-state index is 13.2. The lowest BCUT2D eigenvalue weighted by molar-refractivity contribution is 0.459. The van der Waals surface area contributed by atoms with Crippen molar-refractivity contribution in [3.8, 4) is 0 Å². The molecular formula is C15H22FN. The summed E-state index contributed by atoms with van der Waals surface area (Å²) in [4.78, 5) is 0. The third-order valence-corrected chi connectivity index (χ3v) is 3.99. The maximum absolute atomic E-state index is 13.2. The third-order valence-electron chi connectivity index (χ3n) is 3.99. The van der Waals surface area contributed by atoms with E-state index in [1.807, 2.05) is 6.07 Å². The molecule has 0 spiro atoms. The molecule has 1 aliphatic carbocycles. The van der Waals surface area contributed by atoms with E-state index in [0.29, 0.717) is 5.41 Å². The summed E-state index contributed by atoms with van der Waals surface area (Å²) >= 11 is 0. The first-order chi connectivity index (χ1) is 8.03. The molecule has 0 aliphatic heterocycles. The predicted molar refractivity (Wildman–Crippen MR) is 69.3 cm³/mol. The van der Waals surface area contributed by atoms with E-state index in [2.05, 4.69) is 26.1 Å². The van der Waals surface area contributed by atoms with E-state index in [-0.39, 0.29) is 11.9 Å². The molecule has 2 atom stereocenters. The van der Waals surface area contributed by atoms with Crippen molar-refractivity contribution in [2.45, 2.75) is 39.7 Å². The lowest BCUT2D eigenvalue weighted by Gasteiger charge is -2.18. The fourth-order valence-electron chi connectivity index (χ4n) is 2.43. The minimum Gasteiger partial charge on any atom is -0.310 e. The molecule has 0 heterocycles. The SMILES string of the molecule is CCC(NCC1CC1(C)C)c1cccc(F)c1. The van der Waals surface area contributed by atoms with Gasteiger partial charge in [0.15, 0.2) is 0 Å². The highest BCUT2D eigenvalue weighted by Crippen LogP contribution is 2.51. The Morgan fingerprint density at radius 1 is 1.47 bits per heavy atom. The van der Waals surface area contributed by atoms with Gasteiger partial charge in [0.25, 0.3) is 0 Å². The fraction of sp³-hybridized carbons (Fsp3) is 0.600. The van der Waals surface area contributed by atoms with Gasteiger partial charge < -0.3 is 5.32 Å². The van der Waals surface area contributed by atoms with Crippen molar-refractivity contribution in [1.29, 1.82) is 0 Å². The summed E-state index contributed by atoms with van der Waals surface area (Å²) in [5, 5.41) is 3.56. The van der Waals surface area contributed by atoms with Gasteiger partial charge in [-0.3, -0.25) is 0 Å². The van der Waals surface area contributed by atoms with Gasteiger partial charge in [0.2, 0.25) is 0 Å². The Hall–Kier alpha value is -0.890. The molecule has 1 aromatic carbocycles. The van der Waals surface area contributed by atoms with Gasteiger partial charge in [-0.15, -0.1) is 0 Å². The van der Waals surface area contributed by atoms with Crippen LogP contribution in [0.1, 0.15) is 45.2 Å². The zero-order valence-electron chi connectivity index (χ0n) is 11.0. The van der Waals surface area contributed by atoms with Gasteiger partial charge in [-0.2, -0.15) is 0 Å². The Morgan fingerprint density at radius 2 is 2.18 bits per heavy atom. The minimum absolute atomic E-state index is 0.144. The maximum Gasteiger partial charge on any atom is 0.123 e. The average molecular weight is 235 g/mol. The second kappa shape index (κ2) is 4.77. The Balaban J connectivity index is 1.93. The lowest BCUT2D eigenvalue weighted by atomic mass is 10.0. The van der Waals surface area contributed by atoms with Crippen LogP contribution in [0.2, 0.25) is 0 Å². The summed E-state index contributed by atoms with van der Waals surface area (Å²) < 4.78 is 13.2. The second-order valence-electron chi connectivity index (χ2n) is 5.81. The van der Waals surface area contributed by atoms with Crippen LogP contribution < -0.4 is 5.32 Å². The number of rotatable bonds is 5. The standard InChI is InChI=1S/C15H22FN/c1-4-14(11-6-5-7-13(16)8-11)17-10-12-9-15(12,2)3/h5-8,12,14,17H,4,9-10H2,1-3H3. The van der Waals surface area contributed by atoms with E-state index in [4.69, 9.17) is 0 Å². The van der Waals surface area contributed by atoms with E-state index in [9.17, 15) is 4.39 Å². The molecule has 0 saturated heterocycles. The molecule has 0 aromatic heterocycles. The van der Waals surface area contributed by atoms with Crippen LogP contribution >= 0.6 is 0 Å². The molecule has 2 unspecified atom stereocenters. The number of benzene rings is 1. The molecule has 1 N–H and O–H groups in total. The van der Waals surface area contributed by atoms with E-state index < -0.39 is 0 Å². The minimum atomic E-state index is -0.144. The molecular weight excluding hydrogens is 213 g/mol. The highest BCUT2D eigenvalue weighted by atomic mass is 19.1. The van der Waals surface area contributed by atoms with Gasteiger partial charge in [-0.1, -0.05) is 32.9 Å². The smallest absolute Gasteiger partial charge is 0.123 e. The van der Waals surface area contributed by atoms with Crippen molar-refractivity contribution in [3.63, 3.8) is 0 Å². The van der Waals surface area contributed by atoms with Crippen LogP contribution in [0.4, 0.5) is 4.39 Å². The largest absolute Gasteiger partial charge is 0.310 e. The number of nitrogens with one attached hydrogen (secondary N) is 1. The number of hydrogen-bond acceptors (Lipinski definition) is 1. The summed E-state index contributed by atoms with van der Waals surface area (Å²) in [5.74, 6) is 0.639. The van der Waals surface area contributed by atoms with Crippen LogP contribution in [0.3, 0.4) is 0 Å². The molecule has 1 saturated carbocycles. The second-order valence-corrected chi connectivity index (χ2v) is 5.81. The summed E-state index contributed by atoms with van der Waals surface area (Å²) in [6, 6.07) is 7.21. The van der Waals surface area contributed by atoms with Gasteiger partial charge in [0.1, 0.15) is 5.82 Å². The lowest BCUT2D eigenvalue weighted by Crippen LogP contribution is -2.24. The molecule has 0 bridgehead atoms. The summed E-state index contributed by atoms with van der Waals surface area (Å²) in [5.41, 5.74) is 1.57. The molecule has 94 valence electrons. The van der Waals surface area contributed by atoms with Crippen molar-refractivity contribution in [1.82, 2.24) is 5.32 Å². The molecule has 2 rings (SSSR count). The molecule has 0 amide bonds. The van der Waals surface area contributed by atoms with Crippen LogP contribution in [0.25, 0.3) is 0 Å². The van der Waals surface area contributed by atoms with Crippen molar-refractivity contribution in [2.75, 3.05) is 6.54 Å². The zero-order chi connectivity index (χ0) is 12.5. The van der Waals surface area contributed by atoms with Gasteiger partial charge in [-0.05, 0) is 48.4 Å². The molecule has 0 radical (unpaired) electrons. The topological polar surface area (TPSA) is 12.0 Å². The zero-order valence-corrected chi connectivity index (χ0v) is 11.0. The Morgan fingerprint density at radius 3 is 2.71 bits per heavy atom.